The summed E-state index contributed by atoms with van der Waals surface area (Å²) in [6.45, 7) is 4.35. The molecule has 1 aromatic heterocycles. The number of hydrogen-bond acceptors (Lipinski definition) is 4. The zero-order chi connectivity index (χ0) is 22.4. The Balaban J connectivity index is 1.60. The second-order valence-electron chi connectivity index (χ2n) is 9.07. The van der Waals surface area contributed by atoms with Crippen molar-refractivity contribution >= 4 is 22.5 Å². The number of ether oxygens (including phenoxy) is 1. The number of methoxy groups -OCH3 is 1. The van der Waals surface area contributed by atoms with Gasteiger partial charge in [-0.15, -0.1) is 0 Å². The summed E-state index contributed by atoms with van der Waals surface area (Å²) >= 11 is 6.04. The highest BCUT2D eigenvalue weighted by Crippen LogP contribution is 2.43. The summed E-state index contributed by atoms with van der Waals surface area (Å²) in [5.41, 5.74) is 2.98. The van der Waals surface area contributed by atoms with Crippen LogP contribution in [0.4, 0.5) is 4.39 Å². The first-order valence-corrected chi connectivity index (χ1v) is 11.7. The van der Waals surface area contributed by atoms with Crippen LogP contribution in [0.25, 0.3) is 22.2 Å². The largest absolute Gasteiger partial charge is 0.497 e. The quantitative estimate of drug-likeness (QED) is 0.524. The first kappa shape index (κ1) is 21.6. The Labute approximate surface area is 193 Å². The molecular formula is C26H28ClFN2O2. The average Bonchev–Trinajstić information content (AvgIpc) is 2.84. The molecule has 2 aromatic carbocycles. The number of piperidine rings is 3. The lowest BCUT2D eigenvalue weighted by molar-refractivity contribution is -0.0562. The molecule has 4 unspecified atom stereocenters. The predicted octanol–water partition coefficient (Wildman–Crippen LogP) is 5.86. The molecule has 3 aliphatic rings. The fourth-order valence-corrected chi connectivity index (χ4v) is 5.76. The highest BCUT2D eigenvalue weighted by Gasteiger charge is 2.42. The molecule has 3 aliphatic heterocycles. The van der Waals surface area contributed by atoms with Crippen LogP contribution in [-0.4, -0.2) is 41.2 Å². The van der Waals surface area contributed by atoms with E-state index in [0.717, 1.165) is 53.2 Å². The monoisotopic (exact) mass is 454 g/mol. The maximum Gasteiger partial charge on any atom is 0.141 e. The van der Waals surface area contributed by atoms with Gasteiger partial charge in [-0.3, -0.25) is 4.90 Å². The van der Waals surface area contributed by atoms with Crippen LogP contribution in [-0.2, 0) is 0 Å². The van der Waals surface area contributed by atoms with Crippen LogP contribution >= 0.6 is 11.6 Å². The van der Waals surface area contributed by atoms with E-state index in [1.807, 2.05) is 24.3 Å². The third-order valence-electron chi connectivity index (χ3n) is 7.41. The molecule has 0 spiro atoms. The van der Waals surface area contributed by atoms with E-state index in [2.05, 4.69) is 11.8 Å². The van der Waals surface area contributed by atoms with Gasteiger partial charge in [0, 0.05) is 23.5 Å². The summed E-state index contributed by atoms with van der Waals surface area (Å²) in [6, 6.07) is 12.3. The number of nitrogens with zero attached hydrogens (tertiary/aromatic N) is 2. The SMILES string of the molecule is CCC1CN2CCC1CC2[C@H](O)c1cc(-c2ccc(F)c(Cl)c2)nc2ccc(OC)cc12. The zero-order valence-electron chi connectivity index (χ0n) is 18.4. The van der Waals surface area contributed by atoms with Gasteiger partial charge in [0.1, 0.15) is 11.6 Å². The lowest BCUT2D eigenvalue weighted by Gasteiger charge is -2.51. The van der Waals surface area contributed by atoms with Crippen molar-refractivity contribution in [3.63, 3.8) is 0 Å². The Hall–Kier alpha value is -2.21. The van der Waals surface area contributed by atoms with Crippen LogP contribution < -0.4 is 4.74 Å². The van der Waals surface area contributed by atoms with Gasteiger partial charge in [0.15, 0.2) is 0 Å². The number of halogens is 2. The van der Waals surface area contributed by atoms with Gasteiger partial charge >= 0.3 is 0 Å². The fraction of sp³-hybridized carbons (Fsp3) is 0.423. The van der Waals surface area contributed by atoms with Gasteiger partial charge in [0.2, 0.25) is 0 Å². The zero-order valence-corrected chi connectivity index (χ0v) is 19.1. The first-order valence-electron chi connectivity index (χ1n) is 11.3. The number of pyridine rings is 1. The van der Waals surface area contributed by atoms with Crippen molar-refractivity contribution in [3.8, 4) is 17.0 Å². The first-order chi connectivity index (χ1) is 15.5. The maximum atomic E-state index is 13.7. The Kier molecular flexibility index (Phi) is 5.82. The molecule has 0 saturated carbocycles. The van der Waals surface area contributed by atoms with Crippen molar-refractivity contribution in [2.24, 2.45) is 11.8 Å². The van der Waals surface area contributed by atoms with E-state index in [1.54, 1.807) is 19.2 Å². The number of aromatic nitrogens is 1. The predicted molar refractivity (Wildman–Crippen MR) is 126 cm³/mol. The second-order valence-corrected chi connectivity index (χ2v) is 9.48. The third kappa shape index (κ3) is 3.76. The molecule has 6 rings (SSSR count). The Morgan fingerprint density at radius 3 is 2.78 bits per heavy atom. The van der Waals surface area contributed by atoms with E-state index in [0.29, 0.717) is 11.6 Å². The molecule has 4 nitrogen and oxygen atoms in total. The van der Waals surface area contributed by atoms with E-state index < -0.39 is 11.9 Å². The number of aliphatic hydroxyl groups is 1. The molecule has 168 valence electrons. The van der Waals surface area contributed by atoms with Gasteiger partial charge in [-0.2, -0.15) is 0 Å². The number of rotatable bonds is 5. The van der Waals surface area contributed by atoms with Crippen molar-refractivity contribution in [2.45, 2.75) is 38.3 Å². The molecule has 0 amide bonds. The van der Waals surface area contributed by atoms with Crippen LogP contribution in [0.15, 0.2) is 42.5 Å². The normalized spacial score (nSPS) is 25.8. The third-order valence-corrected chi connectivity index (χ3v) is 7.70. The molecule has 4 heterocycles. The van der Waals surface area contributed by atoms with Gasteiger partial charge in [0.05, 0.1) is 29.4 Å². The van der Waals surface area contributed by atoms with Crippen LogP contribution in [0, 0.1) is 17.7 Å². The fourth-order valence-electron chi connectivity index (χ4n) is 5.58. The number of fused-ring (bicyclic) bond motifs is 4. The minimum atomic E-state index is -0.650. The molecule has 6 heteroatoms. The molecule has 2 bridgehead atoms. The lowest BCUT2D eigenvalue weighted by Crippen LogP contribution is -2.55. The molecule has 5 atom stereocenters. The molecule has 3 fully saturated rings. The van der Waals surface area contributed by atoms with E-state index in [4.69, 9.17) is 21.3 Å². The number of aliphatic hydroxyl groups excluding tert-OH is 1. The number of benzene rings is 2. The summed E-state index contributed by atoms with van der Waals surface area (Å²) in [7, 11) is 1.64. The minimum Gasteiger partial charge on any atom is -0.497 e. The van der Waals surface area contributed by atoms with Gasteiger partial charge in [0.25, 0.3) is 0 Å². The highest BCUT2D eigenvalue weighted by molar-refractivity contribution is 6.31. The summed E-state index contributed by atoms with van der Waals surface area (Å²) in [5, 5.41) is 12.6. The summed E-state index contributed by atoms with van der Waals surface area (Å²) < 4.78 is 19.2. The van der Waals surface area contributed by atoms with Crippen molar-refractivity contribution in [1.29, 1.82) is 0 Å². The Bertz CT molecular complexity index is 1150. The molecule has 0 radical (unpaired) electrons. The average molecular weight is 455 g/mol. The van der Waals surface area contributed by atoms with Crippen LogP contribution in [0.1, 0.15) is 37.9 Å². The van der Waals surface area contributed by atoms with Crippen molar-refractivity contribution in [3.05, 3.63) is 58.9 Å². The number of hydrogen-bond donors (Lipinski definition) is 1. The van der Waals surface area contributed by atoms with Crippen molar-refractivity contribution in [1.82, 2.24) is 9.88 Å². The van der Waals surface area contributed by atoms with Gasteiger partial charge in [-0.05, 0) is 79.3 Å². The van der Waals surface area contributed by atoms with Crippen LogP contribution in [0.2, 0.25) is 5.02 Å². The molecule has 32 heavy (non-hydrogen) atoms. The maximum absolute atomic E-state index is 13.7. The lowest BCUT2D eigenvalue weighted by atomic mass is 9.72. The van der Waals surface area contributed by atoms with E-state index in [-0.39, 0.29) is 11.1 Å². The highest BCUT2D eigenvalue weighted by atomic mass is 35.5. The Morgan fingerprint density at radius 1 is 1.25 bits per heavy atom. The molecule has 1 N–H and O–H groups in total. The smallest absolute Gasteiger partial charge is 0.141 e. The van der Waals surface area contributed by atoms with Crippen LogP contribution in [0.3, 0.4) is 0 Å². The molecule has 3 aromatic rings. The summed E-state index contributed by atoms with van der Waals surface area (Å²) in [5.74, 6) is 1.65. The molecule has 3 saturated heterocycles. The standard InChI is InChI=1S/C26H28ClFN2O2/c1-3-15-14-30-9-8-16(15)11-25(30)26(31)20-13-24(17-4-6-22(28)21(27)10-17)29-23-7-5-18(32-2)12-19(20)23/h4-7,10,12-13,15-16,25-26,31H,3,8-9,11,14H2,1-2H3/t15?,16?,25?,26-/m1/s1. The van der Waals surface area contributed by atoms with E-state index in [1.165, 1.54) is 18.9 Å². The molecule has 0 aliphatic carbocycles. The topological polar surface area (TPSA) is 45.6 Å². The van der Waals surface area contributed by atoms with E-state index in [9.17, 15) is 9.50 Å². The Morgan fingerprint density at radius 2 is 2.09 bits per heavy atom. The van der Waals surface area contributed by atoms with E-state index >= 15 is 0 Å². The summed E-state index contributed by atoms with van der Waals surface area (Å²) in [6.07, 6.45) is 2.76. The van der Waals surface area contributed by atoms with Gasteiger partial charge < -0.3 is 9.84 Å². The summed E-state index contributed by atoms with van der Waals surface area (Å²) in [4.78, 5) is 7.25. The van der Waals surface area contributed by atoms with Crippen LogP contribution in [0.5, 0.6) is 5.75 Å². The van der Waals surface area contributed by atoms with Crippen molar-refractivity contribution in [2.75, 3.05) is 20.2 Å². The van der Waals surface area contributed by atoms with Crippen molar-refractivity contribution < 1.29 is 14.2 Å². The second kappa shape index (κ2) is 8.62. The minimum absolute atomic E-state index is 0.0579. The molecular weight excluding hydrogens is 427 g/mol. The van der Waals surface area contributed by atoms with Gasteiger partial charge in [-0.1, -0.05) is 24.9 Å². The van der Waals surface area contributed by atoms with Gasteiger partial charge in [-0.25, -0.2) is 9.37 Å².